The number of fused-ring (bicyclic) bond motifs is 1. The molecular formula is C18H26N2O2. The molecule has 0 saturated carbocycles. The van der Waals surface area contributed by atoms with Gasteiger partial charge in [0.1, 0.15) is 5.75 Å². The first-order valence-corrected chi connectivity index (χ1v) is 8.02. The van der Waals surface area contributed by atoms with Crippen molar-refractivity contribution in [3.63, 3.8) is 0 Å². The first kappa shape index (κ1) is 16.4. The highest BCUT2D eigenvalue weighted by molar-refractivity contribution is 5.91. The maximum absolute atomic E-state index is 11.4. The second-order valence-corrected chi connectivity index (χ2v) is 5.80. The van der Waals surface area contributed by atoms with E-state index in [9.17, 15) is 4.79 Å². The molecule has 1 aromatic carbocycles. The van der Waals surface area contributed by atoms with Crippen LogP contribution in [0.3, 0.4) is 0 Å². The smallest absolute Gasteiger partial charge is 0.221 e. The molecule has 0 fully saturated rings. The minimum Gasteiger partial charge on any atom is -0.497 e. The molecule has 0 saturated heterocycles. The molecule has 0 aliphatic rings. The second-order valence-electron chi connectivity index (χ2n) is 5.80. The highest BCUT2D eigenvalue weighted by Crippen LogP contribution is 2.30. The zero-order valence-corrected chi connectivity index (χ0v) is 13.8. The number of aromatic nitrogens is 1. The number of hydrogen-bond donors (Lipinski definition) is 1. The molecule has 0 atom stereocenters. The van der Waals surface area contributed by atoms with Gasteiger partial charge in [0.05, 0.1) is 13.5 Å². The Labute approximate surface area is 132 Å². The SMILES string of the molecule is CCCCCCn1c(C)c(CC(N)=O)c2cc(OC)ccc21. The quantitative estimate of drug-likeness (QED) is 0.758. The molecule has 0 aliphatic carbocycles. The number of carbonyl (C=O) groups is 1. The van der Waals surface area contributed by atoms with Crippen molar-refractivity contribution in [2.45, 2.75) is 52.5 Å². The number of methoxy groups -OCH3 is 1. The molecule has 0 radical (unpaired) electrons. The minimum atomic E-state index is -0.295. The van der Waals surface area contributed by atoms with Crippen LogP contribution in [0.1, 0.15) is 43.9 Å². The number of nitrogens with zero attached hydrogens (tertiary/aromatic N) is 1. The van der Waals surface area contributed by atoms with Gasteiger partial charge in [0.2, 0.25) is 5.91 Å². The van der Waals surface area contributed by atoms with Crippen LogP contribution in [0.15, 0.2) is 18.2 Å². The van der Waals surface area contributed by atoms with E-state index in [0.717, 1.165) is 40.9 Å². The first-order chi connectivity index (χ1) is 10.6. The van der Waals surface area contributed by atoms with Gasteiger partial charge < -0.3 is 15.0 Å². The van der Waals surface area contributed by atoms with Crippen LogP contribution >= 0.6 is 0 Å². The number of rotatable bonds is 8. The van der Waals surface area contributed by atoms with Crippen molar-refractivity contribution in [2.24, 2.45) is 5.73 Å². The molecule has 2 rings (SSSR count). The number of nitrogens with two attached hydrogens (primary N) is 1. The van der Waals surface area contributed by atoms with Crippen LogP contribution in [-0.2, 0) is 17.8 Å². The summed E-state index contributed by atoms with van der Waals surface area (Å²) in [6, 6.07) is 6.05. The molecule has 2 aromatic rings. The monoisotopic (exact) mass is 302 g/mol. The summed E-state index contributed by atoms with van der Waals surface area (Å²) >= 11 is 0. The largest absolute Gasteiger partial charge is 0.497 e. The lowest BCUT2D eigenvalue weighted by atomic mass is 10.1. The number of unbranched alkanes of at least 4 members (excludes halogenated alkanes) is 3. The Balaban J connectivity index is 2.41. The second kappa shape index (κ2) is 7.34. The third-order valence-corrected chi connectivity index (χ3v) is 4.25. The van der Waals surface area contributed by atoms with Gasteiger partial charge in [-0.15, -0.1) is 0 Å². The van der Waals surface area contributed by atoms with Crippen LogP contribution in [0.25, 0.3) is 10.9 Å². The fourth-order valence-electron chi connectivity index (χ4n) is 3.04. The number of amides is 1. The lowest BCUT2D eigenvalue weighted by Crippen LogP contribution is -2.14. The highest BCUT2D eigenvalue weighted by atomic mass is 16.5. The van der Waals surface area contributed by atoms with Gasteiger partial charge in [-0.2, -0.15) is 0 Å². The number of primary amides is 1. The molecule has 0 spiro atoms. The summed E-state index contributed by atoms with van der Waals surface area (Å²) in [7, 11) is 1.66. The summed E-state index contributed by atoms with van der Waals surface area (Å²) in [5.41, 5.74) is 8.75. The van der Waals surface area contributed by atoms with Crippen molar-refractivity contribution in [3.05, 3.63) is 29.5 Å². The maximum atomic E-state index is 11.4. The number of hydrogen-bond acceptors (Lipinski definition) is 2. The van der Waals surface area contributed by atoms with Gasteiger partial charge in [0.25, 0.3) is 0 Å². The summed E-state index contributed by atoms with van der Waals surface area (Å²) in [6.07, 6.45) is 5.16. The topological polar surface area (TPSA) is 57.2 Å². The third kappa shape index (κ3) is 3.43. The predicted octanol–water partition coefficient (Wildman–Crippen LogP) is 3.57. The molecule has 4 nitrogen and oxygen atoms in total. The van der Waals surface area contributed by atoms with E-state index in [1.54, 1.807) is 7.11 Å². The van der Waals surface area contributed by atoms with Crippen LogP contribution in [0.2, 0.25) is 0 Å². The highest BCUT2D eigenvalue weighted by Gasteiger charge is 2.16. The van der Waals surface area contributed by atoms with Crippen molar-refractivity contribution in [1.82, 2.24) is 4.57 Å². The summed E-state index contributed by atoms with van der Waals surface area (Å²) < 4.78 is 7.63. The van der Waals surface area contributed by atoms with Crippen molar-refractivity contribution in [3.8, 4) is 5.75 Å². The Morgan fingerprint density at radius 3 is 2.68 bits per heavy atom. The molecule has 2 N–H and O–H groups in total. The Hall–Kier alpha value is -1.97. The lowest BCUT2D eigenvalue weighted by molar-refractivity contribution is -0.117. The van der Waals surface area contributed by atoms with E-state index in [2.05, 4.69) is 24.5 Å². The van der Waals surface area contributed by atoms with Gasteiger partial charge in [-0.1, -0.05) is 26.2 Å². The van der Waals surface area contributed by atoms with Crippen LogP contribution in [0.4, 0.5) is 0 Å². The van der Waals surface area contributed by atoms with Crippen molar-refractivity contribution in [2.75, 3.05) is 7.11 Å². The van der Waals surface area contributed by atoms with E-state index in [1.807, 2.05) is 12.1 Å². The van der Waals surface area contributed by atoms with Crippen LogP contribution in [0, 0.1) is 6.92 Å². The van der Waals surface area contributed by atoms with Gasteiger partial charge >= 0.3 is 0 Å². The van der Waals surface area contributed by atoms with Gasteiger partial charge in [0, 0.05) is 23.1 Å². The lowest BCUT2D eigenvalue weighted by Gasteiger charge is -2.08. The van der Waals surface area contributed by atoms with Crippen LogP contribution in [-0.4, -0.2) is 17.6 Å². The van der Waals surface area contributed by atoms with E-state index in [4.69, 9.17) is 10.5 Å². The average molecular weight is 302 g/mol. The molecular weight excluding hydrogens is 276 g/mol. The molecule has 120 valence electrons. The fourth-order valence-corrected chi connectivity index (χ4v) is 3.04. The predicted molar refractivity (Wildman–Crippen MR) is 90.3 cm³/mol. The summed E-state index contributed by atoms with van der Waals surface area (Å²) in [4.78, 5) is 11.4. The molecule has 0 unspecified atom stereocenters. The Morgan fingerprint density at radius 2 is 2.05 bits per heavy atom. The Kier molecular flexibility index (Phi) is 5.47. The van der Waals surface area contributed by atoms with Crippen molar-refractivity contribution >= 4 is 16.8 Å². The van der Waals surface area contributed by atoms with E-state index >= 15 is 0 Å². The number of ether oxygens (including phenoxy) is 1. The normalized spacial score (nSPS) is 11.0. The zero-order valence-electron chi connectivity index (χ0n) is 13.8. The van der Waals surface area contributed by atoms with E-state index in [0.29, 0.717) is 0 Å². The third-order valence-electron chi connectivity index (χ3n) is 4.25. The van der Waals surface area contributed by atoms with Crippen molar-refractivity contribution in [1.29, 1.82) is 0 Å². The number of aryl methyl sites for hydroxylation is 1. The summed E-state index contributed by atoms with van der Waals surface area (Å²) in [6.45, 7) is 5.27. The molecule has 0 bridgehead atoms. The molecule has 1 heterocycles. The minimum absolute atomic E-state index is 0.275. The first-order valence-electron chi connectivity index (χ1n) is 8.02. The Morgan fingerprint density at radius 1 is 1.27 bits per heavy atom. The van der Waals surface area contributed by atoms with Crippen LogP contribution < -0.4 is 10.5 Å². The van der Waals surface area contributed by atoms with Crippen LogP contribution in [0.5, 0.6) is 5.75 Å². The Bertz CT molecular complexity index is 659. The van der Waals surface area contributed by atoms with Crippen molar-refractivity contribution < 1.29 is 9.53 Å². The molecule has 0 aliphatic heterocycles. The zero-order chi connectivity index (χ0) is 16.1. The van der Waals surface area contributed by atoms with Gasteiger partial charge in [-0.3, -0.25) is 4.79 Å². The molecule has 1 aromatic heterocycles. The molecule has 4 heteroatoms. The van der Waals surface area contributed by atoms with E-state index < -0.39 is 0 Å². The van der Waals surface area contributed by atoms with E-state index in [-0.39, 0.29) is 12.3 Å². The molecule has 22 heavy (non-hydrogen) atoms. The van der Waals surface area contributed by atoms with E-state index in [1.165, 1.54) is 19.3 Å². The summed E-state index contributed by atoms with van der Waals surface area (Å²) in [5.74, 6) is 0.511. The summed E-state index contributed by atoms with van der Waals surface area (Å²) in [5, 5.41) is 1.08. The molecule has 1 amide bonds. The van der Waals surface area contributed by atoms with Gasteiger partial charge in [-0.25, -0.2) is 0 Å². The average Bonchev–Trinajstić information content (AvgIpc) is 2.75. The number of carbonyl (C=O) groups excluding carboxylic acids is 1. The fraction of sp³-hybridized carbons (Fsp3) is 0.500. The standard InChI is InChI=1S/C18H26N2O2/c1-4-5-6-7-10-20-13(2)15(12-18(19)21)16-11-14(22-3)8-9-17(16)20/h8-9,11H,4-7,10,12H2,1-3H3,(H2,19,21). The number of benzene rings is 1. The van der Waals surface area contributed by atoms with Gasteiger partial charge in [-0.05, 0) is 37.1 Å². The van der Waals surface area contributed by atoms with Gasteiger partial charge in [0.15, 0.2) is 0 Å². The maximum Gasteiger partial charge on any atom is 0.221 e.